The van der Waals surface area contributed by atoms with E-state index in [0.29, 0.717) is 24.2 Å². The Hall–Kier alpha value is -3.87. The van der Waals surface area contributed by atoms with Gasteiger partial charge < -0.3 is 15.0 Å². The topological polar surface area (TPSA) is 84.7 Å². The average molecular weight is 431 g/mol. The number of anilines is 1. The maximum Gasteiger partial charge on any atom is 0.322 e. The number of methoxy groups -OCH3 is 1. The summed E-state index contributed by atoms with van der Waals surface area (Å²) in [5.74, 6) is 0.743. The largest absolute Gasteiger partial charge is 0.497 e. The summed E-state index contributed by atoms with van der Waals surface area (Å²) in [6.07, 6.45) is 0.670. The van der Waals surface area contributed by atoms with Crippen molar-refractivity contribution in [2.24, 2.45) is 0 Å². The molecule has 32 heavy (non-hydrogen) atoms. The van der Waals surface area contributed by atoms with Crippen LogP contribution in [-0.4, -0.2) is 23.0 Å². The fraction of sp³-hybridized carbons (Fsp3) is 0.240. The van der Waals surface area contributed by atoms with Crippen LogP contribution < -0.4 is 10.1 Å². The minimum absolute atomic E-state index is 0.0146. The molecule has 1 aliphatic heterocycles. The number of amides is 2. The van der Waals surface area contributed by atoms with Crippen LogP contribution >= 0.6 is 0 Å². The molecule has 1 atom stereocenters. The summed E-state index contributed by atoms with van der Waals surface area (Å²) in [4.78, 5) is 26.2. The first-order chi connectivity index (χ1) is 15.4. The van der Waals surface area contributed by atoms with Gasteiger partial charge in [0, 0.05) is 12.6 Å². The first kappa shape index (κ1) is 21.4. The van der Waals surface area contributed by atoms with Crippen LogP contribution in [0.15, 0.2) is 60.7 Å². The van der Waals surface area contributed by atoms with Crippen LogP contribution in [0.1, 0.15) is 33.9 Å². The summed E-state index contributed by atoms with van der Waals surface area (Å²) < 4.78 is 5.37. The summed E-state index contributed by atoms with van der Waals surface area (Å²) in [6.45, 7) is 3.90. The normalized spacial score (nSPS) is 15.1. The number of ether oxygens (including phenoxy) is 1. The molecule has 3 aromatic carbocycles. The third-order valence-corrected chi connectivity index (χ3v) is 6.06. The number of aryl methyl sites for hydroxylation is 1. The SMILES string of the molecule is COc1ccc2c(c1)CN(C(=O)Nc1c(C)ccc([N+](=O)[O-])c1C)C(c1ccccc1)C2. The maximum atomic E-state index is 13.5. The summed E-state index contributed by atoms with van der Waals surface area (Å²) >= 11 is 0. The highest BCUT2D eigenvalue weighted by molar-refractivity contribution is 5.92. The number of carbonyl (C=O) groups excluding carboxylic acids is 1. The van der Waals surface area contributed by atoms with Gasteiger partial charge in [0.1, 0.15) is 5.75 Å². The Labute approximate surface area is 186 Å². The second kappa shape index (κ2) is 8.70. The lowest BCUT2D eigenvalue weighted by molar-refractivity contribution is -0.385. The molecule has 7 nitrogen and oxygen atoms in total. The smallest absolute Gasteiger partial charge is 0.322 e. The van der Waals surface area contributed by atoms with Gasteiger partial charge in [-0.2, -0.15) is 0 Å². The van der Waals surface area contributed by atoms with E-state index in [4.69, 9.17) is 4.74 Å². The number of nitrogens with zero attached hydrogens (tertiary/aromatic N) is 2. The van der Waals surface area contributed by atoms with E-state index in [1.807, 2.05) is 55.5 Å². The van der Waals surface area contributed by atoms with Crippen molar-refractivity contribution in [3.05, 3.63) is 98.6 Å². The highest BCUT2D eigenvalue weighted by Gasteiger charge is 2.32. The molecule has 0 fully saturated rings. The van der Waals surface area contributed by atoms with E-state index in [1.165, 1.54) is 11.6 Å². The zero-order valence-electron chi connectivity index (χ0n) is 18.3. The monoisotopic (exact) mass is 431 g/mol. The lowest BCUT2D eigenvalue weighted by Gasteiger charge is -2.37. The summed E-state index contributed by atoms with van der Waals surface area (Å²) in [6, 6.07) is 18.5. The molecule has 7 heteroatoms. The fourth-order valence-electron chi connectivity index (χ4n) is 4.28. The molecule has 1 unspecified atom stereocenters. The van der Waals surface area contributed by atoms with Crippen LogP contribution in [0, 0.1) is 24.0 Å². The third kappa shape index (κ3) is 4.01. The molecule has 4 rings (SSSR count). The van der Waals surface area contributed by atoms with Gasteiger partial charge in [0.05, 0.1) is 29.3 Å². The van der Waals surface area contributed by atoms with Crippen molar-refractivity contribution in [1.29, 1.82) is 0 Å². The standard InChI is InChI=1S/C25H25N3O4/c1-16-9-12-22(28(30)31)17(2)24(16)26-25(29)27-15-20-13-21(32-3)11-10-19(20)14-23(27)18-7-5-4-6-8-18/h4-13,23H,14-15H2,1-3H3,(H,26,29). The lowest BCUT2D eigenvalue weighted by atomic mass is 9.90. The van der Waals surface area contributed by atoms with Gasteiger partial charge in [-0.15, -0.1) is 0 Å². The molecule has 0 spiro atoms. The van der Waals surface area contributed by atoms with Crippen molar-refractivity contribution in [2.45, 2.75) is 32.9 Å². The van der Waals surface area contributed by atoms with Gasteiger partial charge in [0.15, 0.2) is 0 Å². The number of urea groups is 1. The van der Waals surface area contributed by atoms with Crippen molar-refractivity contribution in [3.63, 3.8) is 0 Å². The van der Waals surface area contributed by atoms with Crippen LogP contribution in [0.3, 0.4) is 0 Å². The van der Waals surface area contributed by atoms with E-state index in [-0.39, 0.29) is 17.8 Å². The van der Waals surface area contributed by atoms with Gasteiger partial charge in [0.2, 0.25) is 0 Å². The molecule has 2 amide bonds. The molecule has 0 bridgehead atoms. The van der Waals surface area contributed by atoms with Crippen LogP contribution in [0.2, 0.25) is 0 Å². The molecule has 164 valence electrons. The molecule has 3 aromatic rings. The second-order valence-corrected chi connectivity index (χ2v) is 7.98. The first-order valence-corrected chi connectivity index (χ1v) is 10.4. The Morgan fingerprint density at radius 2 is 1.84 bits per heavy atom. The van der Waals surface area contributed by atoms with Gasteiger partial charge in [0.25, 0.3) is 5.69 Å². The van der Waals surface area contributed by atoms with Crippen molar-refractivity contribution >= 4 is 17.4 Å². The number of rotatable bonds is 4. The predicted octanol–water partition coefficient (Wildman–Crippen LogP) is 5.55. The van der Waals surface area contributed by atoms with Crippen LogP contribution in [0.5, 0.6) is 5.75 Å². The molecule has 1 heterocycles. The summed E-state index contributed by atoms with van der Waals surface area (Å²) in [5.41, 5.74) is 4.92. The van der Waals surface area contributed by atoms with Gasteiger partial charge in [-0.05, 0) is 54.7 Å². The Balaban J connectivity index is 1.71. The number of hydrogen-bond acceptors (Lipinski definition) is 4. The second-order valence-electron chi connectivity index (χ2n) is 7.98. The van der Waals surface area contributed by atoms with Gasteiger partial charge in [-0.3, -0.25) is 10.1 Å². The van der Waals surface area contributed by atoms with Gasteiger partial charge in [-0.1, -0.05) is 42.5 Å². The highest BCUT2D eigenvalue weighted by Crippen LogP contribution is 2.36. The van der Waals surface area contributed by atoms with Crippen LogP contribution in [0.25, 0.3) is 0 Å². The Kier molecular flexibility index (Phi) is 5.81. The Bertz CT molecular complexity index is 1180. The molecule has 0 aromatic heterocycles. The Morgan fingerprint density at radius 3 is 2.53 bits per heavy atom. The molecule has 1 aliphatic rings. The van der Waals surface area contributed by atoms with E-state index in [0.717, 1.165) is 22.4 Å². The molecule has 1 N–H and O–H groups in total. The van der Waals surface area contributed by atoms with Crippen molar-refractivity contribution in [3.8, 4) is 5.75 Å². The zero-order valence-corrected chi connectivity index (χ0v) is 18.3. The Morgan fingerprint density at radius 1 is 1.09 bits per heavy atom. The number of nitro benzene ring substituents is 1. The minimum atomic E-state index is -0.430. The van der Waals surface area contributed by atoms with Crippen molar-refractivity contribution in [1.82, 2.24) is 4.90 Å². The van der Waals surface area contributed by atoms with E-state index >= 15 is 0 Å². The van der Waals surface area contributed by atoms with Crippen LogP contribution in [-0.2, 0) is 13.0 Å². The molecule has 0 saturated carbocycles. The lowest BCUT2D eigenvalue weighted by Crippen LogP contribution is -2.41. The molecule has 0 saturated heterocycles. The number of nitrogens with one attached hydrogen (secondary N) is 1. The van der Waals surface area contributed by atoms with E-state index in [1.54, 1.807) is 25.0 Å². The van der Waals surface area contributed by atoms with Gasteiger partial charge in [-0.25, -0.2) is 4.79 Å². The van der Waals surface area contributed by atoms with E-state index in [9.17, 15) is 14.9 Å². The summed E-state index contributed by atoms with van der Waals surface area (Å²) in [5, 5.41) is 14.3. The predicted molar refractivity (Wildman–Crippen MR) is 123 cm³/mol. The third-order valence-electron chi connectivity index (χ3n) is 6.06. The maximum absolute atomic E-state index is 13.5. The number of benzene rings is 3. The number of carbonyl (C=O) groups is 1. The molecule has 0 radical (unpaired) electrons. The number of nitro groups is 1. The number of fused-ring (bicyclic) bond motifs is 1. The zero-order chi connectivity index (χ0) is 22.8. The highest BCUT2D eigenvalue weighted by atomic mass is 16.6. The van der Waals surface area contributed by atoms with Crippen molar-refractivity contribution < 1.29 is 14.5 Å². The first-order valence-electron chi connectivity index (χ1n) is 10.4. The molecule has 0 aliphatic carbocycles. The summed E-state index contributed by atoms with van der Waals surface area (Å²) in [7, 11) is 1.62. The average Bonchev–Trinajstić information content (AvgIpc) is 2.80. The van der Waals surface area contributed by atoms with Crippen molar-refractivity contribution in [2.75, 3.05) is 12.4 Å². The fourth-order valence-corrected chi connectivity index (χ4v) is 4.28. The molecular weight excluding hydrogens is 406 g/mol. The van der Waals surface area contributed by atoms with Gasteiger partial charge >= 0.3 is 6.03 Å². The quantitative estimate of drug-likeness (QED) is 0.433. The van der Waals surface area contributed by atoms with Crippen LogP contribution in [0.4, 0.5) is 16.2 Å². The minimum Gasteiger partial charge on any atom is -0.497 e. The van der Waals surface area contributed by atoms with E-state index < -0.39 is 4.92 Å². The van der Waals surface area contributed by atoms with E-state index in [2.05, 4.69) is 5.32 Å². The molecular formula is C25H25N3O4. The number of hydrogen-bond donors (Lipinski definition) is 1.